The second-order valence-electron chi connectivity index (χ2n) is 7.68. The molecular weight excluding hydrogens is 446 g/mol. The summed E-state index contributed by atoms with van der Waals surface area (Å²) in [5.41, 5.74) is 3.14. The fourth-order valence-electron chi connectivity index (χ4n) is 3.69. The normalized spacial score (nSPS) is 12.1. The second kappa shape index (κ2) is 9.52. The number of para-hydroxylation sites is 1. The van der Waals surface area contributed by atoms with Gasteiger partial charge in [-0.1, -0.05) is 67.2 Å². The molecule has 7 nitrogen and oxygen atoms in total. The van der Waals surface area contributed by atoms with Crippen LogP contribution in [0.5, 0.6) is 5.75 Å². The van der Waals surface area contributed by atoms with Crippen molar-refractivity contribution < 1.29 is 9.53 Å². The lowest BCUT2D eigenvalue weighted by Crippen LogP contribution is -2.25. The largest absolute Gasteiger partial charge is 0.497 e. The molecule has 1 unspecified atom stereocenters. The van der Waals surface area contributed by atoms with Gasteiger partial charge in [0.25, 0.3) is 0 Å². The van der Waals surface area contributed by atoms with E-state index in [-0.39, 0.29) is 11.2 Å². The van der Waals surface area contributed by atoms with Gasteiger partial charge in [0.15, 0.2) is 16.6 Å². The Hall–Kier alpha value is -3.91. The Morgan fingerprint density at radius 3 is 2.62 bits per heavy atom. The van der Waals surface area contributed by atoms with Crippen molar-refractivity contribution in [2.75, 3.05) is 12.4 Å². The summed E-state index contributed by atoms with van der Waals surface area (Å²) < 4.78 is 7.01. The van der Waals surface area contributed by atoms with Gasteiger partial charge in [-0.15, -0.1) is 5.10 Å². The zero-order chi connectivity index (χ0) is 23.5. The van der Waals surface area contributed by atoms with Crippen molar-refractivity contribution in [2.45, 2.75) is 23.8 Å². The maximum Gasteiger partial charge on any atom is 0.237 e. The summed E-state index contributed by atoms with van der Waals surface area (Å²) >= 11 is 1.38. The molecule has 1 amide bonds. The number of methoxy groups -OCH3 is 1. The Balaban J connectivity index is 1.52. The molecule has 5 rings (SSSR count). The van der Waals surface area contributed by atoms with Crippen LogP contribution < -0.4 is 10.1 Å². The molecule has 1 atom stereocenters. The molecule has 34 heavy (non-hydrogen) atoms. The van der Waals surface area contributed by atoms with Gasteiger partial charge in [-0.05, 0) is 30.7 Å². The van der Waals surface area contributed by atoms with Crippen molar-refractivity contribution in [1.82, 2.24) is 19.6 Å². The molecule has 2 aromatic heterocycles. The Morgan fingerprint density at radius 1 is 1.03 bits per heavy atom. The number of aromatic nitrogens is 4. The van der Waals surface area contributed by atoms with Crippen molar-refractivity contribution in [2.24, 2.45) is 0 Å². The number of hydrogen-bond acceptors (Lipinski definition) is 6. The summed E-state index contributed by atoms with van der Waals surface area (Å²) in [6.45, 7) is 1.98. The average molecular weight is 470 g/mol. The Labute approximate surface area is 201 Å². The van der Waals surface area contributed by atoms with Crippen LogP contribution in [-0.4, -0.2) is 37.8 Å². The molecule has 8 heteroatoms. The van der Waals surface area contributed by atoms with Crippen molar-refractivity contribution in [3.05, 3.63) is 78.9 Å². The maximum atomic E-state index is 13.1. The number of rotatable bonds is 7. The van der Waals surface area contributed by atoms with Crippen LogP contribution in [0.2, 0.25) is 0 Å². The summed E-state index contributed by atoms with van der Waals surface area (Å²) in [7, 11) is 1.60. The number of hydrogen-bond donors (Lipinski definition) is 1. The lowest BCUT2D eigenvalue weighted by molar-refractivity contribution is -0.115. The Kier molecular flexibility index (Phi) is 6.14. The third kappa shape index (κ3) is 4.32. The minimum Gasteiger partial charge on any atom is -0.497 e. The minimum atomic E-state index is -0.368. The van der Waals surface area contributed by atoms with Gasteiger partial charge in [0, 0.05) is 22.7 Å². The summed E-state index contributed by atoms with van der Waals surface area (Å²) in [6, 6.07) is 25.0. The van der Waals surface area contributed by atoms with Gasteiger partial charge in [0.05, 0.1) is 17.9 Å². The van der Waals surface area contributed by atoms with Gasteiger partial charge in [-0.2, -0.15) is 4.52 Å². The topological polar surface area (TPSA) is 81.4 Å². The number of nitrogens with one attached hydrogen (secondary N) is 1. The van der Waals surface area contributed by atoms with Gasteiger partial charge in [-0.25, -0.2) is 9.97 Å². The number of nitrogens with zero attached hydrogens (tertiary/aromatic N) is 4. The third-order valence-electron chi connectivity index (χ3n) is 5.43. The molecule has 2 heterocycles. The maximum absolute atomic E-state index is 13.1. The van der Waals surface area contributed by atoms with E-state index in [0.717, 1.165) is 22.1 Å². The highest BCUT2D eigenvalue weighted by Crippen LogP contribution is 2.30. The zero-order valence-corrected chi connectivity index (χ0v) is 19.6. The number of anilines is 1. The quantitative estimate of drug-likeness (QED) is 0.252. The SMILES string of the molecule is CCC(Sc1nc2ccccc2c2nc(-c3ccccc3)nn12)C(=O)Nc1cccc(OC)c1. The molecule has 0 spiro atoms. The smallest absolute Gasteiger partial charge is 0.237 e. The molecule has 0 radical (unpaired) electrons. The van der Waals surface area contributed by atoms with E-state index in [2.05, 4.69) is 5.32 Å². The van der Waals surface area contributed by atoms with Gasteiger partial charge in [0.1, 0.15) is 5.75 Å². The monoisotopic (exact) mass is 469 g/mol. The van der Waals surface area contributed by atoms with E-state index < -0.39 is 0 Å². The number of amides is 1. The second-order valence-corrected chi connectivity index (χ2v) is 8.85. The fourth-order valence-corrected chi connectivity index (χ4v) is 4.65. The molecule has 0 aliphatic carbocycles. The number of benzene rings is 3. The first-order valence-electron chi connectivity index (χ1n) is 11.0. The van der Waals surface area contributed by atoms with Gasteiger partial charge < -0.3 is 10.1 Å². The highest BCUT2D eigenvalue weighted by Gasteiger charge is 2.23. The third-order valence-corrected chi connectivity index (χ3v) is 6.74. The van der Waals surface area contributed by atoms with E-state index in [4.69, 9.17) is 19.8 Å². The molecule has 0 aliphatic heterocycles. The fraction of sp³-hybridized carbons (Fsp3) is 0.154. The lowest BCUT2D eigenvalue weighted by Gasteiger charge is -2.15. The molecule has 5 aromatic rings. The lowest BCUT2D eigenvalue weighted by atomic mass is 10.2. The van der Waals surface area contributed by atoms with E-state index >= 15 is 0 Å². The molecule has 3 aromatic carbocycles. The highest BCUT2D eigenvalue weighted by atomic mass is 32.2. The number of fused-ring (bicyclic) bond motifs is 3. The predicted octanol–water partition coefficient (Wildman–Crippen LogP) is 5.46. The number of ether oxygens (including phenoxy) is 1. The van der Waals surface area contributed by atoms with E-state index in [1.807, 2.05) is 79.7 Å². The van der Waals surface area contributed by atoms with Crippen LogP contribution in [0.25, 0.3) is 27.9 Å². The van der Waals surface area contributed by atoms with Crippen molar-refractivity contribution >= 4 is 39.9 Å². The van der Waals surface area contributed by atoms with Crippen molar-refractivity contribution in [1.29, 1.82) is 0 Å². The molecule has 0 bridgehead atoms. The van der Waals surface area contributed by atoms with Crippen LogP contribution in [0.3, 0.4) is 0 Å². The van der Waals surface area contributed by atoms with Crippen LogP contribution in [0.4, 0.5) is 5.69 Å². The zero-order valence-electron chi connectivity index (χ0n) is 18.8. The number of carbonyl (C=O) groups is 1. The molecule has 0 saturated carbocycles. The summed E-state index contributed by atoms with van der Waals surface area (Å²) in [5, 5.41) is 8.92. The van der Waals surface area contributed by atoms with E-state index in [1.165, 1.54) is 11.8 Å². The molecule has 0 fully saturated rings. The highest BCUT2D eigenvalue weighted by molar-refractivity contribution is 8.00. The van der Waals surface area contributed by atoms with Crippen molar-refractivity contribution in [3.8, 4) is 17.1 Å². The average Bonchev–Trinajstić information content (AvgIpc) is 3.34. The van der Waals surface area contributed by atoms with Gasteiger partial charge >= 0.3 is 0 Å². The van der Waals surface area contributed by atoms with E-state index in [9.17, 15) is 4.79 Å². The number of carbonyl (C=O) groups excluding carboxylic acids is 1. The summed E-state index contributed by atoms with van der Waals surface area (Å²) in [5.74, 6) is 1.20. The standard InChI is InChI=1S/C26H23N5O2S/c1-3-22(25(32)27-18-12-9-13-19(16-18)33-2)34-26-28-21-15-8-7-14-20(21)24-29-23(30-31(24)26)17-10-5-4-6-11-17/h4-16,22H,3H2,1-2H3,(H,27,32). The van der Waals surface area contributed by atoms with Crippen LogP contribution in [0.15, 0.2) is 84.0 Å². The first-order valence-corrected chi connectivity index (χ1v) is 11.9. The van der Waals surface area contributed by atoms with Crippen LogP contribution >= 0.6 is 11.8 Å². The molecular formula is C26H23N5O2S. The summed E-state index contributed by atoms with van der Waals surface area (Å²) in [4.78, 5) is 22.8. The number of thioether (sulfide) groups is 1. The molecule has 0 aliphatic rings. The molecule has 1 N–H and O–H groups in total. The molecule has 0 saturated heterocycles. The van der Waals surface area contributed by atoms with E-state index in [0.29, 0.717) is 28.8 Å². The first-order chi connectivity index (χ1) is 16.7. The minimum absolute atomic E-state index is 0.104. The Bertz CT molecular complexity index is 1470. The van der Waals surface area contributed by atoms with Crippen molar-refractivity contribution in [3.63, 3.8) is 0 Å². The predicted molar refractivity (Wildman–Crippen MR) is 135 cm³/mol. The van der Waals surface area contributed by atoms with Crippen LogP contribution in [0, 0.1) is 0 Å². The van der Waals surface area contributed by atoms with E-state index in [1.54, 1.807) is 17.7 Å². The molecule has 170 valence electrons. The Morgan fingerprint density at radius 2 is 1.82 bits per heavy atom. The first kappa shape index (κ1) is 21.9. The van der Waals surface area contributed by atoms with Gasteiger partial charge in [0.2, 0.25) is 5.91 Å². The van der Waals surface area contributed by atoms with Crippen LogP contribution in [-0.2, 0) is 4.79 Å². The van der Waals surface area contributed by atoms with Crippen LogP contribution in [0.1, 0.15) is 13.3 Å². The summed E-state index contributed by atoms with van der Waals surface area (Å²) in [6.07, 6.45) is 0.622. The van der Waals surface area contributed by atoms with Gasteiger partial charge in [-0.3, -0.25) is 4.79 Å².